The molecular formula is C33H42N6O9. The largest absolute Gasteiger partial charge is 0.460 e. The lowest BCUT2D eigenvalue weighted by molar-refractivity contribution is -0.159. The molecule has 48 heavy (non-hydrogen) atoms. The Morgan fingerprint density at radius 3 is 2.79 bits per heavy atom. The van der Waals surface area contributed by atoms with Crippen LogP contribution in [0.15, 0.2) is 58.9 Å². The van der Waals surface area contributed by atoms with Crippen LogP contribution in [0.2, 0.25) is 0 Å². The zero-order valence-electron chi connectivity index (χ0n) is 27.5. The summed E-state index contributed by atoms with van der Waals surface area (Å²) in [6.07, 6.45) is 8.52. The highest BCUT2D eigenvalue weighted by Gasteiger charge is 2.39. The maximum absolute atomic E-state index is 13.6. The van der Waals surface area contributed by atoms with Gasteiger partial charge in [0.25, 0.3) is 5.91 Å². The summed E-state index contributed by atoms with van der Waals surface area (Å²) in [5, 5.41) is 19.7. The van der Waals surface area contributed by atoms with Crippen molar-refractivity contribution in [2.24, 2.45) is 18.9 Å². The summed E-state index contributed by atoms with van der Waals surface area (Å²) in [5.41, 5.74) is 0.628. The Morgan fingerprint density at radius 1 is 1.25 bits per heavy atom. The highest BCUT2D eigenvalue weighted by Crippen LogP contribution is 2.26. The minimum absolute atomic E-state index is 0.0187. The normalized spacial score (nSPS) is 26.4. The van der Waals surface area contributed by atoms with Gasteiger partial charge in [0.1, 0.15) is 24.2 Å². The van der Waals surface area contributed by atoms with Gasteiger partial charge in [0.05, 0.1) is 19.1 Å². The molecule has 2 aliphatic rings. The molecule has 258 valence electrons. The van der Waals surface area contributed by atoms with E-state index < -0.39 is 48.1 Å². The molecule has 0 aromatic carbocycles. The highest BCUT2D eigenvalue weighted by atomic mass is 16.6. The fourth-order valence-electron chi connectivity index (χ4n) is 5.47. The number of cyclic esters (lactones) is 1. The number of aliphatic hydroxyl groups is 1. The van der Waals surface area contributed by atoms with E-state index in [0.717, 1.165) is 6.26 Å². The number of allylic oxidation sites excluding steroid dienone is 2. The molecule has 0 unspecified atom stereocenters. The minimum Gasteiger partial charge on any atom is -0.460 e. The molecule has 15 heteroatoms. The van der Waals surface area contributed by atoms with E-state index >= 15 is 0 Å². The fraction of sp³-hybridized carbons (Fsp3) is 0.485. The molecule has 5 atom stereocenters. The summed E-state index contributed by atoms with van der Waals surface area (Å²) in [7, 11) is 1.71. The van der Waals surface area contributed by atoms with Crippen LogP contribution in [0.1, 0.15) is 56.4 Å². The van der Waals surface area contributed by atoms with Crippen LogP contribution in [0, 0.1) is 11.8 Å². The number of hydrogen-bond acceptors (Lipinski definition) is 11. The number of oxazole rings is 1. The molecular weight excluding hydrogens is 624 g/mol. The molecule has 1 fully saturated rings. The van der Waals surface area contributed by atoms with Crippen molar-refractivity contribution in [3.8, 4) is 0 Å². The molecule has 0 radical (unpaired) electrons. The van der Waals surface area contributed by atoms with E-state index in [1.165, 1.54) is 21.7 Å². The number of carbonyl (C=O) groups is 5. The van der Waals surface area contributed by atoms with E-state index in [1.807, 2.05) is 0 Å². The van der Waals surface area contributed by atoms with Gasteiger partial charge in [0, 0.05) is 50.7 Å². The number of hydrogen-bond donors (Lipinski definition) is 3. The first-order chi connectivity index (χ1) is 22.9. The van der Waals surface area contributed by atoms with Gasteiger partial charge in [-0.15, -0.1) is 0 Å². The maximum Gasteiger partial charge on any atom is 0.412 e. The summed E-state index contributed by atoms with van der Waals surface area (Å²) < 4.78 is 18.3. The van der Waals surface area contributed by atoms with Crippen LogP contribution in [-0.4, -0.2) is 92.4 Å². The molecule has 2 bridgehead atoms. The Kier molecular flexibility index (Phi) is 12.4. The molecule has 4 rings (SSSR count). The number of rotatable bonds is 4. The first-order valence-corrected chi connectivity index (χ1v) is 15.8. The summed E-state index contributed by atoms with van der Waals surface area (Å²) in [5.74, 6) is -2.63. The molecule has 3 amide bonds. The van der Waals surface area contributed by atoms with Crippen LogP contribution in [0.25, 0.3) is 0 Å². The topological polar surface area (TPSA) is 195 Å². The Balaban J connectivity index is 1.54. The summed E-state index contributed by atoms with van der Waals surface area (Å²) in [6, 6.07) is 0.691. The number of aliphatic hydroxyl groups excluding tert-OH is 1. The number of fused-ring (bicyclic) bond motifs is 3. The predicted molar refractivity (Wildman–Crippen MR) is 171 cm³/mol. The first kappa shape index (κ1) is 35.8. The average Bonchev–Trinajstić information content (AvgIpc) is 3.80. The van der Waals surface area contributed by atoms with Crippen LogP contribution in [0.3, 0.4) is 0 Å². The van der Waals surface area contributed by atoms with Gasteiger partial charge >= 0.3 is 12.1 Å². The van der Waals surface area contributed by atoms with E-state index in [4.69, 9.17) is 13.9 Å². The molecule has 2 aromatic heterocycles. The second kappa shape index (κ2) is 16.7. The average molecular weight is 667 g/mol. The van der Waals surface area contributed by atoms with Crippen molar-refractivity contribution in [1.29, 1.82) is 0 Å². The highest BCUT2D eigenvalue weighted by molar-refractivity contribution is 5.95. The van der Waals surface area contributed by atoms with Crippen molar-refractivity contribution in [2.75, 3.05) is 25.0 Å². The van der Waals surface area contributed by atoms with Crippen LogP contribution in [0.5, 0.6) is 0 Å². The molecule has 1 saturated heterocycles. The third-order valence-corrected chi connectivity index (χ3v) is 7.88. The standard InChI is InChI=1S/C33H42N6O9/c1-20-7-5-12-34-28(42)10-9-21(2)30(22(3)18-47-33(45)36-27-11-14-38(4)37-27)48-32(44)26-8-6-13-39(26)31(43)25-19-46-29(35-25)17-24(41)16-23(40)15-20/h5,7,9-11,14-15,19,21-23,26,30,40H,6,8,12-13,16-18H2,1-4H3,(H,34,42)(H,36,37,45)/b7-5+,10-9+,20-15+/t21-,22-,23-,26-,30+/m1/s1. The number of aromatic nitrogens is 3. The number of ether oxygens (including phenoxy) is 2. The third kappa shape index (κ3) is 10.2. The quantitative estimate of drug-likeness (QED) is 0.406. The minimum atomic E-state index is -1.05. The van der Waals surface area contributed by atoms with Crippen molar-refractivity contribution in [1.82, 2.24) is 25.0 Å². The number of esters is 1. The number of nitrogens with zero attached hydrogens (tertiary/aromatic N) is 4. The second-order valence-electron chi connectivity index (χ2n) is 12.0. The van der Waals surface area contributed by atoms with Gasteiger partial charge in [-0.25, -0.2) is 14.6 Å². The lowest BCUT2D eigenvalue weighted by Crippen LogP contribution is -2.44. The maximum atomic E-state index is 13.6. The lowest BCUT2D eigenvalue weighted by atomic mass is 9.93. The van der Waals surface area contributed by atoms with Crippen LogP contribution >= 0.6 is 0 Å². The number of amides is 3. The van der Waals surface area contributed by atoms with Crippen LogP contribution in [-0.2, 0) is 37.3 Å². The van der Waals surface area contributed by atoms with Gasteiger partial charge in [-0.05, 0) is 25.8 Å². The van der Waals surface area contributed by atoms with E-state index in [1.54, 1.807) is 58.3 Å². The van der Waals surface area contributed by atoms with E-state index in [0.29, 0.717) is 24.2 Å². The smallest absolute Gasteiger partial charge is 0.412 e. The molecule has 4 heterocycles. The second-order valence-corrected chi connectivity index (χ2v) is 12.0. The van der Waals surface area contributed by atoms with Crippen molar-refractivity contribution >= 4 is 35.5 Å². The Bertz CT molecular complexity index is 1570. The Labute approximate surface area is 278 Å². The molecule has 2 aliphatic heterocycles. The zero-order chi connectivity index (χ0) is 34.8. The van der Waals surface area contributed by atoms with Gasteiger partial charge in [0.15, 0.2) is 11.5 Å². The van der Waals surface area contributed by atoms with Crippen molar-refractivity contribution in [3.05, 3.63) is 66.1 Å². The van der Waals surface area contributed by atoms with Crippen molar-refractivity contribution in [2.45, 2.75) is 64.7 Å². The number of anilines is 1. The molecule has 0 spiro atoms. The van der Waals surface area contributed by atoms with Gasteiger partial charge in [0.2, 0.25) is 11.8 Å². The number of aryl methyl sites for hydroxylation is 1. The molecule has 0 saturated carbocycles. The van der Waals surface area contributed by atoms with Crippen LogP contribution in [0.4, 0.5) is 10.6 Å². The SMILES string of the molecule is CC1=C\[C@@H](O)CC(=O)Cc2nc(co2)C(=O)N2CCC[C@@H]2C(=O)O[C@H]([C@H](C)COC(=O)Nc2ccn(C)n2)[C@H](C)/C=C/C(=O)NC\C=C\1. The van der Waals surface area contributed by atoms with Crippen molar-refractivity contribution < 1.29 is 43.0 Å². The van der Waals surface area contributed by atoms with Gasteiger partial charge in [-0.1, -0.05) is 43.7 Å². The summed E-state index contributed by atoms with van der Waals surface area (Å²) in [4.78, 5) is 70.1. The first-order valence-electron chi connectivity index (χ1n) is 15.8. The monoisotopic (exact) mass is 666 g/mol. The van der Waals surface area contributed by atoms with E-state index in [2.05, 4.69) is 20.7 Å². The molecule has 15 nitrogen and oxygen atoms in total. The summed E-state index contributed by atoms with van der Waals surface area (Å²) >= 11 is 0. The summed E-state index contributed by atoms with van der Waals surface area (Å²) in [6.45, 7) is 5.61. The number of carbonyl (C=O) groups excluding carboxylic acids is 5. The fourth-order valence-corrected chi connectivity index (χ4v) is 5.47. The Hall–Kier alpha value is -5.05. The Morgan fingerprint density at radius 2 is 2.04 bits per heavy atom. The van der Waals surface area contributed by atoms with E-state index in [-0.39, 0.29) is 55.8 Å². The van der Waals surface area contributed by atoms with Crippen LogP contribution < -0.4 is 10.6 Å². The molecule has 3 N–H and O–H groups in total. The number of ketones is 1. The van der Waals surface area contributed by atoms with Gasteiger partial charge < -0.3 is 29.2 Å². The van der Waals surface area contributed by atoms with Gasteiger partial charge in [-0.2, -0.15) is 5.10 Å². The lowest BCUT2D eigenvalue weighted by Gasteiger charge is -2.30. The van der Waals surface area contributed by atoms with Gasteiger partial charge in [-0.3, -0.25) is 24.4 Å². The third-order valence-electron chi connectivity index (χ3n) is 7.88. The number of Topliss-reactive ketones (excluding diaryl/α,β-unsaturated/α-hetero) is 1. The zero-order valence-corrected chi connectivity index (χ0v) is 27.5. The van der Waals surface area contributed by atoms with Crippen molar-refractivity contribution in [3.63, 3.8) is 0 Å². The molecule has 2 aromatic rings. The number of nitrogens with one attached hydrogen (secondary N) is 2. The predicted octanol–water partition coefficient (Wildman–Crippen LogP) is 2.50. The molecule has 0 aliphatic carbocycles. The van der Waals surface area contributed by atoms with E-state index in [9.17, 15) is 29.1 Å².